The van der Waals surface area contributed by atoms with Gasteiger partial charge in [-0.3, -0.25) is 0 Å². The lowest BCUT2D eigenvalue weighted by atomic mass is 9.84. The molecule has 0 saturated heterocycles. The summed E-state index contributed by atoms with van der Waals surface area (Å²) in [5.41, 5.74) is 8.92. The van der Waals surface area contributed by atoms with Crippen molar-refractivity contribution in [3.63, 3.8) is 0 Å². The van der Waals surface area contributed by atoms with Crippen LogP contribution >= 0.6 is 0 Å². The molecule has 4 nitrogen and oxygen atoms in total. The van der Waals surface area contributed by atoms with Crippen molar-refractivity contribution in [1.29, 1.82) is 0 Å². The minimum atomic E-state index is -0.781. The van der Waals surface area contributed by atoms with E-state index in [1.54, 1.807) is 0 Å². The minimum absolute atomic E-state index is 0.0693. The zero-order chi connectivity index (χ0) is 25.6. The molecule has 0 unspecified atom stereocenters. The van der Waals surface area contributed by atoms with E-state index >= 15 is 0 Å². The second kappa shape index (κ2) is 11.9. The first-order valence-corrected chi connectivity index (χ1v) is 12.8. The number of aliphatic hydroxyl groups excluding tert-OH is 2. The Hall–Kier alpha value is -2.66. The number of aliphatic hydroxyl groups is 3. The van der Waals surface area contributed by atoms with E-state index in [0.29, 0.717) is 19.4 Å². The molecular formula is C31H41NO3. The maximum Gasteiger partial charge on any atom is 0.0891 e. The highest BCUT2D eigenvalue weighted by Gasteiger charge is 2.25. The van der Waals surface area contributed by atoms with Crippen molar-refractivity contribution in [2.75, 3.05) is 11.9 Å². The topological polar surface area (TPSA) is 63.9 Å². The highest BCUT2D eigenvalue weighted by molar-refractivity contribution is 5.75. The maximum absolute atomic E-state index is 11.1. The Morgan fingerprint density at radius 3 is 2.11 bits per heavy atom. The fourth-order valence-electron chi connectivity index (χ4n) is 4.86. The molecule has 0 aromatic heterocycles. The average molecular weight is 476 g/mol. The molecule has 0 heterocycles. The van der Waals surface area contributed by atoms with E-state index in [1.807, 2.05) is 32.0 Å². The summed E-state index contributed by atoms with van der Waals surface area (Å²) in [5, 5.41) is 30.2. The van der Waals surface area contributed by atoms with E-state index in [2.05, 4.69) is 62.2 Å². The van der Waals surface area contributed by atoms with Crippen molar-refractivity contribution < 1.29 is 15.3 Å². The number of hydrogen-bond donors (Lipinski definition) is 3. The lowest BCUT2D eigenvalue weighted by Crippen LogP contribution is -2.23. The molecule has 0 aliphatic carbocycles. The summed E-state index contributed by atoms with van der Waals surface area (Å²) in [5.74, 6) is 0. The molecule has 0 amide bonds. The van der Waals surface area contributed by atoms with Gasteiger partial charge in [0, 0.05) is 19.3 Å². The van der Waals surface area contributed by atoms with Crippen LogP contribution in [0.3, 0.4) is 0 Å². The molecule has 0 aliphatic heterocycles. The molecule has 0 fully saturated rings. The summed E-state index contributed by atoms with van der Waals surface area (Å²) < 4.78 is 0. The third kappa shape index (κ3) is 5.95. The number of aryl methyl sites for hydroxylation is 2. The highest BCUT2D eigenvalue weighted by Crippen LogP contribution is 2.36. The van der Waals surface area contributed by atoms with Crippen LogP contribution in [0.2, 0.25) is 0 Å². The van der Waals surface area contributed by atoms with Crippen LogP contribution in [0.4, 0.5) is 5.69 Å². The predicted molar refractivity (Wildman–Crippen MR) is 145 cm³/mol. The first-order chi connectivity index (χ1) is 16.8. The summed E-state index contributed by atoms with van der Waals surface area (Å²) in [7, 11) is 2.08. The van der Waals surface area contributed by atoms with Gasteiger partial charge >= 0.3 is 0 Å². The van der Waals surface area contributed by atoms with Crippen molar-refractivity contribution >= 4 is 5.69 Å². The highest BCUT2D eigenvalue weighted by atomic mass is 16.3. The average Bonchev–Trinajstić information content (AvgIpc) is 2.88. The first-order valence-electron chi connectivity index (χ1n) is 12.8. The second-order valence-electron chi connectivity index (χ2n) is 9.64. The van der Waals surface area contributed by atoms with Gasteiger partial charge in [-0.25, -0.2) is 0 Å². The van der Waals surface area contributed by atoms with Gasteiger partial charge in [-0.05, 0) is 82.8 Å². The fraction of sp³-hybridized carbons (Fsp3) is 0.419. The van der Waals surface area contributed by atoms with Gasteiger partial charge in [-0.2, -0.15) is 0 Å². The Bertz CT molecular complexity index is 1130. The van der Waals surface area contributed by atoms with Gasteiger partial charge in [0.15, 0.2) is 0 Å². The van der Waals surface area contributed by atoms with E-state index in [1.165, 1.54) is 22.3 Å². The Kier molecular flexibility index (Phi) is 9.12. The van der Waals surface area contributed by atoms with E-state index in [4.69, 9.17) is 0 Å². The van der Waals surface area contributed by atoms with Crippen LogP contribution in [0, 0.1) is 6.92 Å². The molecule has 0 saturated carbocycles. The molecule has 35 heavy (non-hydrogen) atoms. The molecule has 4 heteroatoms. The number of hydrogen-bond acceptors (Lipinski definition) is 4. The van der Waals surface area contributed by atoms with Gasteiger partial charge < -0.3 is 20.2 Å². The SMILES string of the molecule is CCCc1cc(C(O)(CC)CC)ccc1-c1cc(N(C)Cc2ccc(CO)c(CO)c2)ccc1C. The van der Waals surface area contributed by atoms with Gasteiger partial charge in [0.25, 0.3) is 0 Å². The van der Waals surface area contributed by atoms with Crippen molar-refractivity contribution in [1.82, 2.24) is 0 Å². The van der Waals surface area contributed by atoms with E-state index < -0.39 is 5.60 Å². The van der Waals surface area contributed by atoms with E-state index in [9.17, 15) is 15.3 Å². The maximum atomic E-state index is 11.1. The molecule has 0 aliphatic rings. The summed E-state index contributed by atoms with van der Waals surface area (Å²) in [4.78, 5) is 2.21. The van der Waals surface area contributed by atoms with Gasteiger partial charge in [0.05, 0.1) is 18.8 Å². The van der Waals surface area contributed by atoms with Crippen molar-refractivity contribution in [3.05, 3.63) is 88.0 Å². The molecule has 188 valence electrons. The van der Waals surface area contributed by atoms with Crippen LogP contribution in [0.5, 0.6) is 0 Å². The van der Waals surface area contributed by atoms with Gasteiger partial charge in [-0.15, -0.1) is 0 Å². The standard InChI is InChI=1S/C31H41NO3/c1-6-9-24-17-27(31(35,7-2)8-3)13-15-29(24)30-18-28(14-10-22(30)4)32(5)19-23-11-12-25(20-33)26(16-23)21-34/h10-18,33-35H,6-9,19-21H2,1-5H3. The molecule has 3 N–H and O–H groups in total. The molecule has 0 radical (unpaired) electrons. The van der Waals surface area contributed by atoms with Crippen LogP contribution in [-0.4, -0.2) is 22.4 Å². The van der Waals surface area contributed by atoms with E-state index in [0.717, 1.165) is 40.8 Å². The molecular weight excluding hydrogens is 434 g/mol. The fourth-order valence-corrected chi connectivity index (χ4v) is 4.86. The quantitative estimate of drug-likeness (QED) is 0.307. The van der Waals surface area contributed by atoms with Gasteiger partial charge in [0.2, 0.25) is 0 Å². The number of benzene rings is 3. The van der Waals surface area contributed by atoms with Gasteiger partial charge in [-0.1, -0.05) is 69.7 Å². The van der Waals surface area contributed by atoms with E-state index in [-0.39, 0.29) is 13.2 Å². The van der Waals surface area contributed by atoms with Crippen molar-refractivity contribution in [3.8, 4) is 11.1 Å². The van der Waals surface area contributed by atoms with Gasteiger partial charge in [0.1, 0.15) is 0 Å². The van der Waals surface area contributed by atoms with Crippen LogP contribution < -0.4 is 4.90 Å². The monoisotopic (exact) mass is 475 g/mol. The van der Waals surface area contributed by atoms with Crippen molar-refractivity contribution in [2.45, 2.75) is 78.7 Å². The Morgan fingerprint density at radius 2 is 1.49 bits per heavy atom. The predicted octanol–water partition coefficient (Wildman–Crippen LogP) is 6.24. The van der Waals surface area contributed by atoms with Crippen LogP contribution in [0.15, 0.2) is 54.6 Å². The first kappa shape index (κ1) is 26.9. The Labute approximate surface area is 210 Å². The molecule has 3 aromatic rings. The summed E-state index contributed by atoms with van der Waals surface area (Å²) >= 11 is 0. The Balaban J connectivity index is 1.97. The third-order valence-electron chi connectivity index (χ3n) is 7.31. The smallest absolute Gasteiger partial charge is 0.0891 e. The summed E-state index contributed by atoms with van der Waals surface area (Å²) in [6.45, 7) is 8.98. The van der Waals surface area contributed by atoms with Crippen LogP contribution in [0.25, 0.3) is 11.1 Å². The zero-order valence-electron chi connectivity index (χ0n) is 21.9. The number of nitrogens with zero attached hydrogens (tertiary/aromatic N) is 1. The largest absolute Gasteiger partial charge is 0.392 e. The normalized spacial score (nSPS) is 11.7. The van der Waals surface area contributed by atoms with Crippen molar-refractivity contribution in [2.24, 2.45) is 0 Å². The number of anilines is 1. The summed E-state index contributed by atoms with van der Waals surface area (Å²) in [6, 6.07) is 18.9. The number of rotatable bonds is 11. The third-order valence-corrected chi connectivity index (χ3v) is 7.31. The lowest BCUT2D eigenvalue weighted by Gasteiger charge is -2.27. The molecule has 0 spiro atoms. The second-order valence-corrected chi connectivity index (χ2v) is 9.64. The Morgan fingerprint density at radius 1 is 0.771 bits per heavy atom. The molecule has 3 aromatic carbocycles. The van der Waals surface area contributed by atoms with Crippen LogP contribution in [-0.2, 0) is 31.8 Å². The molecule has 0 atom stereocenters. The molecule has 3 rings (SSSR count). The minimum Gasteiger partial charge on any atom is -0.392 e. The zero-order valence-corrected chi connectivity index (χ0v) is 21.9. The lowest BCUT2D eigenvalue weighted by molar-refractivity contribution is 0.0283. The summed E-state index contributed by atoms with van der Waals surface area (Å²) in [6.07, 6.45) is 3.41. The van der Waals surface area contributed by atoms with Crippen LogP contribution in [0.1, 0.15) is 73.4 Å². The molecule has 0 bridgehead atoms.